The van der Waals surface area contributed by atoms with Gasteiger partial charge < -0.3 is 14.2 Å². The van der Waals surface area contributed by atoms with Crippen molar-refractivity contribution in [1.29, 1.82) is 0 Å². The third-order valence-corrected chi connectivity index (χ3v) is 7.36. The van der Waals surface area contributed by atoms with Gasteiger partial charge >= 0.3 is 5.97 Å². The summed E-state index contributed by atoms with van der Waals surface area (Å²) < 4.78 is 15.9. The van der Waals surface area contributed by atoms with E-state index in [0.29, 0.717) is 23.7 Å². The summed E-state index contributed by atoms with van der Waals surface area (Å²) in [4.78, 5) is 38.5. The Morgan fingerprint density at radius 2 is 1.21 bits per heavy atom. The molecular formula is C36H50O6. The molecule has 42 heavy (non-hydrogen) atoms. The van der Waals surface area contributed by atoms with E-state index in [-0.39, 0.29) is 23.3 Å². The molecule has 0 aliphatic rings. The number of rotatable bonds is 23. The Hall–Kier alpha value is -3.41. The van der Waals surface area contributed by atoms with Crippen LogP contribution in [0.3, 0.4) is 0 Å². The Balaban J connectivity index is 1.64. The molecule has 2 aromatic carbocycles. The van der Waals surface area contributed by atoms with Crippen molar-refractivity contribution in [3.05, 3.63) is 71.3 Å². The van der Waals surface area contributed by atoms with Crippen LogP contribution in [0.5, 0.6) is 11.5 Å². The first-order valence-corrected chi connectivity index (χ1v) is 15.7. The fraction of sp³-hybridized carbons (Fsp3) is 0.528. The first kappa shape index (κ1) is 34.8. The minimum absolute atomic E-state index is 0.187. The standard InChI is InChI=1S/C36H50O6/c1-4-5-6-7-8-9-10-11-12-13-14-15-16-17-18-21-26-42-36(39)31-23-20-19-22-30(31)33(38)28-32(37)29-24-25-34(40-2)35(27-29)41-3/h11-12,19-20,22-25,27H,4-10,13-18,21,26,28H2,1-3H3/b12-11-. The third kappa shape index (κ3) is 13.1. The van der Waals surface area contributed by atoms with Crippen molar-refractivity contribution in [1.82, 2.24) is 0 Å². The van der Waals surface area contributed by atoms with Crippen LogP contribution in [0.25, 0.3) is 0 Å². The lowest BCUT2D eigenvalue weighted by molar-refractivity contribution is 0.0494. The van der Waals surface area contributed by atoms with Crippen LogP contribution in [-0.2, 0) is 4.74 Å². The predicted octanol–water partition coefficient (Wildman–Crippen LogP) is 9.35. The molecule has 0 heterocycles. The largest absolute Gasteiger partial charge is 0.493 e. The molecule has 0 amide bonds. The van der Waals surface area contributed by atoms with Gasteiger partial charge in [-0.2, -0.15) is 0 Å². The van der Waals surface area contributed by atoms with E-state index in [0.717, 1.165) is 25.7 Å². The molecule has 6 nitrogen and oxygen atoms in total. The SMILES string of the molecule is CCCCCCCC/C=C\CCCCCCCCOC(=O)c1ccccc1C(=O)CC(=O)c1ccc(OC)c(OC)c1. The highest BCUT2D eigenvalue weighted by Gasteiger charge is 2.21. The molecular weight excluding hydrogens is 528 g/mol. The molecule has 0 saturated carbocycles. The number of esters is 1. The van der Waals surface area contributed by atoms with Gasteiger partial charge in [0, 0.05) is 11.1 Å². The highest BCUT2D eigenvalue weighted by Crippen LogP contribution is 2.28. The Kier molecular flexibility index (Phi) is 17.7. The number of unbranched alkanes of at least 4 members (excludes halogenated alkanes) is 12. The number of methoxy groups -OCH3 is 2. The third-order valence-electron chi connectivity index (χ3n) is 7.36. The normalized spacial score (nSPS) is 11.0. The number of carbonyl (C=O) groups is 3. The van der Waals surface area contributed by atoms with Gasteiger partial charge in [0.15, 0.2) is 23.1 Å². The summed E-state index contributed by atoms with van der Waals surface area (Å²) in [7, 11) is 2.99. The molecule has 0 fully saturated rings. The van der Waals surface area contributed by atoms with Gasteiger partial charge in [-0.15, -0.1) is 0 Å². The summed E-state index contributed by atoms with van der Waals surface area (Å²) in [6.45, 7) is 2.57. The van der Waals surface area contributed by atoms with Crippen LogP contribution in [0.2, 0.25) is 0 Å². The van der Waals surface area contributed by atoms with Crippen LogP contribution in [0, 0.1) is 0 Å². The summed E-state index contributed by atoms with van der Waals surface area (Å²) in [6, 6.07) is 11.3. The van der Waals surface area contributed by atoms with E-state index < -0.39 is 11.8 Å². The maximum Gasteiger partial charge on any atom is 0.338 e. The zero-order chi connectivity index (χ0) is 30.4. The van der Waals surface area contributed by atoms with Crippen LogP contribution in [0.4, 0.5) is 0 Å². The smallest absolute Gasteiger partial charge is 0.338 e. The van der Waals surface area contributed by atoms with Gasteiger partial charge in [0.25, 0.3) is 0 Å². The number of hydrogen-bond acceptors (Lipinski definition) is 6. The number of benzene rings is 2. The van der Waals surface area contributed by atoms with E-state index >= 15 is 0 Å². The summed E-state index contributed by atoms with van der Waals surface area (Å²) >= 11 is 0. The quantitative estimate of drug-likeness (QED) is 0.0430. The van der Waals surface area contributed by atoms with Crippen molar-refractivity contribution < 1.29 is 28.6 Å². The van der Waals surface area contributed by atoms with E-state index in [4.69, 9.17) is 14.2 Å². The second-order valence-electron chi connectivity index (χ2n) is 10.7. The van der Waals surface area contributed by atoms with Crippen LogP contribution in [0.1, 0.15) is 134 Å². The lowest BCUT2D eigenvalue weighted by Gasteiger charge is -2.10. The van der Waals surface area contributed by atoms with Crippen molar-refractivity contribution in [2.45, 2.75) is 103 Å². The average Bonchev–Trinajstić information content (AvgIpc) is 3.01. The molecule has 0 radical (unpaired) electrons. The van der Waals surface area contributed by atoms with E-state index in [1.54, 1.807) is 42.5 Å². The summed E-state index contributed by atoms with van der Waals surface area (Å²) in [5.74, 6) is -0.431. The second-order valence-corrected chi connectivity index (χ2v) is 10.7. The fourth-order valence-electron chi connectivity index (χ4n) is 4.85. The Bertz CT molecular complexity index is 1120. The van der Waals surface area contributed by atoms with Crippen LogP contribution in [0.15, 0.2) is 54.6 Å². The average molecular weight is 579 g/mol. The minimum Gasteiger partial charge on any atom is -0.493 e. The monoisotopic (exact) mass is 578 g/mol. The maximum absolute atomic E-state index is 13.0. The van der Waals surface area contributed by atoms with E-state index in [1.807, 2.05) is 0 Å². The number of allylic oxidation sites excluding steroid dienone is 2. The number of carbonyl (C=O) groups excluding carboxylic acids is 3. The Morgan fingerprint density at radius 3 is 1.83 bits per heavy atom. The van der Waals surface area contributed by atoms with Gasteiger partial charge in [-0.05, 0) is 56.4 Å². The molecule has 0 bridgehead atoms. The first-order chi connectivity index (χ1) is 20.5. The number of ether oxygens (including phenoxy) is 3. The molecule has 0 atom stereocenters. The molecule has 2 aromatic rings. The number of ketones is 2. The summed E-state index contributed by atoms with van der Waals surface area (Å²) in [6.07, 6.45) is 21.3. The van der Waals surface area contributed by atoms with Crippen LogP contribution in [-0.4, -0.2) is 38.4 Å². The highest BCUT2D eigenvalue weighted by atomic mass is 16.5. The minimum atomic E-state index is -0.537. The zero-order valence-corrected chi connectivity index (χ0v) is 26.0. The van der Waals surface area contributed by atoms with Gasteiger partial charge in [0.2, 0.25) is 0 Å². The summed E-state index contributed by atoms with van der Waals surface area (Å²) in [5.41, 5.74) is 0.713. The molecule has 0 unspecified atom stereocenters. The molecule has 230 valence electrons. The molecule has 0 aromatic heterocycles. The van der Waals surface area contributed by atoms with E-state index in [1.165, 1.54) is 78.4 Å². The Morgan fingerprint density at radius 1 is 0.643 bits per heavy atom. The van der Waals surface area contributed by atoms with Gasteiger partial charge in [0.05, 0.1) is 32.8 Å². The van der Waals surface area contributed by atoms with E-state index in [9.17, 15) is 14.4 Å². The lowest BCUT2D eigenvalue weighted by Crippen LogP contribution is -2.15. The van der Waals surface area contributed by atoms with Crippen molar-refractivity contribution in [2.75, 3.05) is 20.8 Å². The van der Waals surface area contributed by atoms with Gasteiger partial charge in [-0.3, -0.25) is 9.59 Å². The number of hydrogen-bond donors (Lipinski definition) is 0. The molecule has 0 N–H and O–H groups in total. The van der Waals surface area contributed by atoms with Crippen molar-refractivity contribution in [3.63, 3.8) is 0 Å². The molecule has 0 saturated heterocycles. The van der Waals surface area contributed by atoms with Crippen LogP contribution < -0.4 is 9.47 Å². The molecule has 0 aliphatic heterocycles. The molecule has 6 heteroatoms. The van der Waals surface area contributed by atoms with Crippen LogP contribution >= 0.6 is 0 Å². The second kappa shape index (κ2) is 21.3. The van der Waals surface area contributed by atoms with Crippen molar-refractivity contribution in [3.8, 4) is 11.5 Å². The molecule has 2 rings (SSSR count). The lowest BCUT2D eigenvalue weighted by atomic mass is 9.97. The van der Waals surface area contributed by atoms with Gasteiger partial charge in [0.1, 0.15) is 0 Å². The number of Topliss-reactive ketones (excluding diaryl/α,β-unsaturated/α-hetero) is 2. The van der Waals surface area contributed by atoms with E-state index in [2.05, 4.69) is 19.1 Å². The summed E-state index contributed by atoms with van der Waals surface area (Å²) in [5, 5.41) is 0. The topological polar surface area (TPSA) is 78.9 Å². The maximum atomic E-state index is 13.0. The Labute approximate surface area is 252 Å². The molecule has 0 spiro atoms. The first-order valence-electron chi connectivity index (χ1n) is 15.7. The zero-order valence-electron chi connectivity index (χ0n) is 26.0. The fourth-order valence-corrected chi connectivity index (χ4v) is 4.85. The molecule has 0 aliphatic carbocycles. The van der Waals surface area contributed by atoms with Crippen molar-refractivity contribution in [2.24, 2.45) is 0 Å². The van der Waals surface area contributed by atoms with Gasteiger partial charge in [-0.25, -0.2) is 4.79 Å². The highest BCUT2D eigenvalue weighted by molar-refractivity contribution is 6.16. The van der Waals surface area contributed by atoms with Crippen molar-refractivity contribution >= 4 is 17.5 Å². The predicted molar refractivity (Wildman–Crippen MR) is 169 cm³/mol. The van der Waals surface area contributed by atoms with Gasteiger partial charge in [-0.1, -0.05) is 95.1 Å².